The lowest BCUT2D eigenvalue weighted by Crippen LogP contribution is -1.89. The van der Waals surface area contributed by atoms with Crippen LogP contribution >= 0.6 is 0 Å². The van der Waals surface area contributed by atoms with Gasteiger partial charge in [0.2, 0.25) is 0 Å². The number of benzene rings is 2. The van der Waals surface area contributed by atoms with Crippen LogP contribution in [0.15, 0.2) is 60.8 Å². The lowest BCUT2D eigenvalue weighted by Gasteiger charge is -2.07. The average molecular weight is 277 g/mol. The highest BCUT2D eigenvalue weighted by molar-refractivity contribution is 5.84. The largest absolute Gasteiger partial charge is 0.496 e. The average Bonchev–Trinajstić information content (AvgIpc) is 2.97. The SMILES string of the molecule is COc1ccccc1/C=C/C(C)c1c[nH]c2ccccc12. The van der Waals surface area contributed by atoms with Gasteiger partial charge in [0.25, 0.3) is 0 Å². The highest BCUT2D eigenvalue weighted by Crippen LogP contribution is 2.27. The van der Waals surface area contributed by atoms with Gasteiger partial charge in [-0.05, 0) is 17.7 Å². The number of para-hydroxylation sites is 2. The molecule has 2 heteroatoms. The topological polar surface area (TPSA) is 25.0 Å². The predicted octanol–water partition coefficient (Wildman–Crippen LogP) is 4.99. The second-order valence-electron chi connectivity index (χ2n) is 5.18. The third-order valence-electron chi connectivity index (χ3n) is 3.82. The van der Waals surface area contributed by atoms with Crippen molar-refractivity contribution in [3.63, 3.8) is 0 Å². The molecule has 0 radical (unpaired) electrons. The maximum atomic E-state index is 5.38. The zero-order valence-corrected chi connectivity index (χ0v) is 12.3. The monoisotopic (exact) mass is 277 g/mol. The predicted molar refractivity (Wildman–Crippen MR) is 88.7 cm³/mol. The third-order valence-corrected chi connectivity index (χ3v) is 3.82. The summed E-state index contributed by atoms with van der Waals surface area (Å²) in [6.07, 6.45) is 6.45. The van der Waals surface area contributed by atoms with Gasteiger partial charge in [0, 0.05) is 28.6 Å². The van der Waals surface area contributed by atoms with Gasteiger partial charge in [0.1, 0.15) is 5.75 Å². The Morgan fingerprint density at radius 1 is 1.05 bits per heavy atom. The van der Waals surface area contributed by atoms with Crippen LogP contribution in [-0.2, 0) is 0 Å². The van der Waals surface area contributed by atoms with E-state index in [0.717, 1.165) is 11.3 Å². The third kappa shape index (κ3) is 2.70. The summed E-state index contributed by atoms with van der Waals surface area (Å²) in [5, 5.41) is 1.29. The van der Waals surface area contributed by atoms with Gasteiger partial charge in [-0.25, -0.2) is 0 Å². The van der Waals surface area contributed by atoms with E-state index in [1.165, 1.54) is 16.5 Å². The van der Waals surface area contributed by atoms with Crippen LogP contribution in [-0.4, -0.2) is 12.1 Å². The number of rotatable bonds is 4. The highest BCUT2D eigenvalue weighted by Gasteiger charge is 2.08. The number of ether oxygens (including phenoxy) is 1. The Bertz CT molecular complexity index is 770. The second-order valence-corrected chi connectivity index (χ2v) is 5.18. The molecule has 1 aromatic heterocycles. The second kappa shape index (κ2) is 5.88. The number of nitrogens with one attached hydrogen (secondary N) is 1. The zero-order chi connectivity index (χ0) is 14.7. The Labute approximate surface area is 125 Å². The molecular weight excluding hydrogens is 258 g/mol. The number of allylic oxidation sites excluding steroid dienone is 1. The summed E-state index contributed by atoms with van der Waals surface area (Å²) in [5.74, 6) is 1.24. The lowest BCUT2D eigenvalue weighted by molar-refractivity contribution is 0.414. The van der Waals surface area contributed by atoms with Crippen LogP contribution in [0.2, 0.25) is 0 Å². The molecule has 0 fully saturated rings. The quantitative estimate of drug-likeness (QED) is 0.713. The molecule has 0 aliphatic rings. The van der Waals surface area contributed by atoms with Crippen molar-refractivity contribution in [3.05, 3.63) is 71.9 Å². The van der Waals surface area contributed by atoms with E-state index in [1.54, 1.807) is 7.11 Å². The van der Waals surface area contributed by atoms with Crippen LogP contribution in [0.25, 0.3) is 17.0 Å². The first-order valence-electron chi connectivity index (χ1n) is 7.17. The Hall–Kier alpha value is -2.48. The van der Waals surface area contributed by atoms with Crippen molar-refractivity contribution >= 4 is 17.0 Å². The van der Waals surface area contributed by atoms with E-state index in [1.807, 2.05) is 18.2 Å². The van der Waals surface area contributed by atoms with Gasteiger partial charge in [-0.1, -0.05) is 55.5 Å². The molecule has 0 bridgehead atoms. The Kier molecular flexibility index (Phi) is 3.78. The van der Waals surface area contributed by atoms with Crippen LogP contribution in [0.1, 0.15) is 24.0 Å². The summed E-state index contributed by atoms with van der Waals surface area (Å²) in [7, 11) is 1.70. The fourth-order valence-electron chi connectivity index (χ4n) is 2.63. The van der Waals surface area contributed by atoms with Gasteiger partial charge in [0.15, 0.2) is 0 Å². The summed E-state index contributed by atoms with van der Waals surface area (Å²) in [6, 6.07) is 16.5. The van der Waals surface area contributed by atoms with E-state index < -0.39 is 0 Å². The van der Waals surface area contributed by atoms with Crippen molar-refractivity contribution in [2.24, 2.45) is 0 Å². The molecule has 2 nitrogen and oxygen atoms in total. The molecule has 0 saturated carbocycles. The number of aromatic nitrogens is 1. The number of aromatic amines is 1. The van der Waals surface area contributed by atoms with E-state index >= 15 is 0 Å². The molecule has 0 aliphatic heterocycles. The molecule has 21 heavy (non-hydrogen) atoms. The molecule has 0 amide bonds. The van der Waals surface area contributed by atoms with E-state index in [0.29, 0.717) is 5.92 Å². The Morgan fingerprint density at radius 3 is 2.67 bits per heavy atom. The van der Waals surface area contributed by atoms with E-state index in [9.17, 15) is 0 Å². The number of methoxy groups -OCH3 is 1. The van der Waals surface area contributed by atoms with Crippen molar-refractivity contribution in [1.82, 2.24) is 4.98 Å². The fourth-order valence-corrected chi connectivity index (χ4v) is 2.63. The van der Waals surface area contributed by atoms with Crippen LogP contribution in [0.3, 0.4) is 0 Å². The number of fused-ring (bicyclic) bond motifs is 1. The smallest absolute Gasteiger partial charge is 0.126 e. The summed E-state index contributed by atoms with van der Waals surface area (Å²) in [4.78, 5) is 3.33. The van der Waals surface area contributed by atoms with Gasteiger partial charge in [-0.15, -0.1) is 0 Å². The van der Waals surface area contributed by atoms with Crippen molar-refractivity contribution in [1.29, 1.82) is 0 Å². The number of H-pyrrole nitrogens is 1. The zero-order valence-electron chi connectivity index (χ0n) is 12.3. The number of hydrogen-bond donors (Lipinski definition) is 1. The molecule has 1 N–H and O–H groups in total. The number of hydrogen-bond acceptors (Lipinski definition) is 1. The van der Waals surface area contributed by atoms with Crippen molar-refractivity contribution in [3.8, 4) is 5.75 Å². The minimum Gasteiger partial charge on any atom is -0.496 e. The van der Waals surface area contributed by atoms with E-state index in [2.05, 4.69) is 60.6 Å². The minimum absolute atomic E-state index is 0.339. The molecule has 2 aromatic carbocycles. The summed E-state index contributed by atoms with van der Waals surface area (Å²) in [6.45, 7) is 2.21. The first-order valence-corrected chi connectivity index (χ1v) is 7.17. The standard InChI is InChI=1S/C19H19NO/c1-14(11-12-15-7-3-6-10-19(15)21-2)17-13-20-18-9-5-4-8-16(17)18/h3-14,20H,1-2H3/b12-11+. The van der Waals surface area contributed by atoms with Crippen LogP contribution in [0, 0.1) is 0 Å². The molecule has 3 aromatic rings. The van der Waals surface area contributed by atoms with Crippen molar-refractivity contribution < 1.29 is 4.74 Å². The normalized spacial score (nSPS) is 12.9. The Balaban J connectivity index is 1.89. The molecule has 106 valence electrons. The molecule has 0 saturated heterocycles. The lowest BCUT2D eigenvalue weighted by atomic mass is 9.99. The van der Waals surface area contributed by atoms with E-state index in [4.69, 9.17) is 4.74 Å². The highest BCUT2D eigenvalue weighted by atomic mass is 16.5. The summed E-state index contributed by atoms with van der Waals surface area (Å²) < 4.78 is 5.38. The molecule has 1 unspecified atom stereocenters. The van der Waals surface area contributed by atoms with Crippen LogP contribution in [0.5, 0.6) is 5.75 Å². The van der Waals surface area contributed by atoms with Gasteiger partial charge >= 0.3 is 0 Å². The van der Waals surface area contributed by atoms with Gasteiger partial charge < -0.3 is 9.72 Å². The molecule has 1 atom stereocenters. The van der Waals surface area contributed by atoms with E-state index in [-0.39, 0.29) is 0 Å². The maximum Gasteiger partial charge on any atom is 0.126 e. The maximum absolute atomic E-state index is 5.38. The van der Waals surface area contributed by atoms with Gasteiger partial charge in [-0.2, -0.15) is 0 Å². The minimum atomic E-state index is 0.339. The first kappa shape index (κ1) is 13.5. The van der Waals surface area contributed by atoms with Crippen LogP contribution in [0.4, 0.5) is 0 Å². The molecular formula is C19H19NO. The summed E-state index contributed by atoms with van der Waals surface area (Å²) >= 11 is 0. The van der Waals surface area contributed by atoms with Crippen molar-refractivity contribution in [2.45, 2.75) is 12.8 Å². The molecule has 3 rings (SSSR count). The summed E-state index contributed by atoms with van der Waals surface area (Å²) in [5.41, 5.74) is 3.61. The van der Waals surface area contributed by atoms with Gasteiger partial charge in [-0.3, -0.25) is 0 Å². The first-order chi connectivity index (χ1) is 10.3. The van der Waals surface area contributed by atoms with Gasteiger partial charge in [0.05, 0.1) is 7.11 Å². The molecule has 0 spiro atoms. The Morgan fingerprint density at radius 2 is 1.81 bits per heavy atom. The fraction of sp³-hybridized carbons (Fsp3) is 0.158. The van der Waals surface area contributed by atoms with Crippen LogP contribution < -0.4 is 4.74 Å². The molecule has 0 aliphatic carbocycles. The molecule has 1 heterocycles. The van der Waals surface area contributed by atoms with Crippen molar-refractivity contribution in [2.75, 3.05) is 7.11 Å².